The summed E-state index contributed by atoms with van der Waals surface area (Å²) in [7, 11) is 1.71. The van der Waals surface area contributed by atoms with Gasteiger partial charge in [0.05, 0.1) is 23.8 Å². The van der Waals surface area contributed by atoms with E-state index < -0.39 is 0 Å². The Morgan fingerprint density at radius 2 is 2.29 bits per heavy atom. The standard InChI is InChI=1S/C16H17BrN2OS/c1-9-6-10(2)18-11(9)7-12-14(20-3)8-13(19-12)15-4-5-16(17)21-15/h5-8,15,19H,4H2,1-3H3. The molecule has 3 rings (SSSR count). The Balaban J connectivity index is 1.91. The third kappa shape index (κ3) is 3.04. The number of allylic oxidation sites excluding steroid dienone is 3. The van der Waals surface area contributed by atoms with Crippen molar-refractivity contribution in [1.29, 1.82) is 0 Å². The Bertz CT molecular complexity index is 697. The summed E-state index contributed by atoms with van der Waals surface area (Å²) in [5.74, 6) is 0.869. The van der Waals surface area contributed by atoms with E-state index >= 15 is 0 Å². The van der Waals surface area contributed by atoms with Crippen molar-refractivity contribution >= 4 is 39.5 Å². The monoisotopic (exact) mass is 364 g/mol. The molecule has 0 saturated heterocycles. The Kier molecular flexibility index (Phi) is 4.13. The van der Waals surface area contributed by atoms with E-state index in [0.717, 1.165) is 29.3 Å². The summed E-state index contributed by atoms with van der Waals surface area (Å²) >= 11 is 5.37. The van der Waals surface area contributed by atoms with Crippen LogP contribution in [-0.2, 0) is 0 Å². The second kappa shape index (κ2) is 5.89. The van der Waals surface area contributed by atoms with Crippen LogP contribution >= 0.6 is 27.7 Å². The number of nitrogens with zero attached hydrogens (tertiary/aromatic N) is 1. The van der Waals surface area contributed by atoms with Crippen LogP contribution in [0, 0.1) is 0 Å². The summed E-state index contributed by atoms with van der Waals surface area (Å²) < 4.78 is 6.71. The largest absolute Gasteiger partial charge is 0.495 e. The van der Waals surface area contributed by atoms with E-state index in [9.17, 15) is 0 Å². The van der Waals surface area contributed by atoms with Crippen LogP contribution in [0.1, 0.15) is 36.9 Å². The molecule has 0 aliphatic carbocycles. The van der Waals surface area contributed by atoms with Crippen LogP contribution in [0.25, 0.3) is 6.08 Å². The van der Waals surface area contributed by atoms with E-state index in [0.29, 0.717) is 5.25 Å². The van der Waals surface area contributed by atoms with Gasteiger partial charge in [-0.15, -0.1) is 11.8 Å². The molecule has 0 radical (unpaired) electrons. The third-order valence-corrected chi connectivity index (χ3v) is 5.56. The van der Waals surface area contributed by atoms with E-state index in [1.807, 2.05) is 18.7 Å². The van der Waals surface area contributed by atoms with Gasteiger partial charge in [-0.05, 0) is 53.9 Å². The molecule has 1 aromatic rings. The highest BCUT2D eigenvalue weighted by atomic mass is 79.9. The molecule has 1 atom stereocenters. The number of aromatic nitrogens is 1. The zero-order chi connectivity index (χ0) is 15.0. The van der Waals surface area contributed by atoms with Gasteiger partial charge in [-0.3, -0.25) is 4.99 Å². The first kappa shape index (κ1) is 14.7. The Morgan fingerprint density at radius 1 is 1.48 bits per heavy atom. The van der Waals surface area contributed by atoms with Crippen LogP contribution in [0.4, 0.5) is 0 Å². The maximum Gasteiger partial charge on any atom is 0.144 e. The topological polar surface area (TPSA) is 37.4 Å². The smallest absolute Gasteiger partial charge is 0.144 e. The number of halogens is 1. The van der Waals surface area contributed by atoms with E-state index in [-0.39, 0.29) is 0 Å². The molecule has 0 amide bonds. The number of methoxy groups -OCH3 is 1. The molecule has 2 aliphatic rings. The second-order valence-corrected chi connectivity index (χ2v) is 7.79. The van der Waals surface area contributed by atoms with Crippen LogP contribution in [0.5, 0.6) is 5.75 Å². The Labute approximate surface area is 137 Å². The van der Waals surface area contributed by atoms with Crippen LogP contribution in [0.15, 0.2) is 38.3 Å². The zero-order valence-corrected chi connectivity index (χ0v) is 14.6. The van der Waals surface area contributed by atoms with Gasteiger partial charge in [-0.2, -0.15) is 0 Å². The Morgan fingerprint density at radius 3 is 2.86 bits per heavy atom. The lowest BCUT2D eigenvalue weighted by Crippen LogP contribution is -1.89. The lowest BCUT2D eigenvalue weighted by molar-refractivity contribution is 0.414. The first-order valence-corrected chi connectivity index (χ1v) is 8.49. The van der Waals surface area contributed by atoms with E-state index in [4.69, 9.17) is 4.74 Å². The van der Waals surface area contributed by atoms with Gasteiger partial charge in [0.2, 0.25) is 0 Å². The molecular weight excluding hydrogens is 348 g/mol. The molecule has 21 heavy (non-hydrogen) atoms. The minimum atomic E-state index is 0.422. The average molecular weight is 365 g/mol. The summed E-state index contributed by atoms with van der Waals surface area (Å²) in [5.41, 5.74) is 5.40. The minimum Gasteiger partial charge on any atom is -0.495 e. The number of nitrogens with one attached hydrogen (secondary N) is 1. The molecule has 1 N–H and O–H groups in total. The quantitative estimate of drug-likeness (QED) is 0.800. The minimum absolute atomic E-state index is 0.422. The molecule has 0 aromatic carbocycles. The van der Waals surface area contributed by atoms with E-state index in [1.165, 1.54) is 15.1 Å². The van der Waals surface area contributed by atoms with Crippen LogP contribution in [0.2, 0.25) is 0 Å². The number of aliphatic imine (C=N–C) groups is 1. The Hall–Kier alpha value is -1.20. The van der Waals surface area contributed by atoms with Gasteiger partial charge in [-0.25, -0.2) is 0 Å². The number of ether oxygens (including phenoxy) is 1. The van der Waals surface area contributed by atoms with Crippen molar-refractivity contribution in [2.24, 2.45) is 4.99 Å². The van der Waals surface area contributed by atoms with Crippen molar-refractivity contribution in [1.82, 2.24) is 4.98 Å². The molecule has 3 nitrogen and oxygen atoms in total. The summed E-state index contributed by atoms with van der Waals surface area (Å²) in [6.45, 7) is 4.09. The maximum absolute atomic E-state index is 5.50. The van der Waals surface area contributed by atoms with Gasteiger partial charge in [0.25, 0.3) is 0 Å². The van der Waals surface area contributed by atoms with Crippen molar-refractivity contribution in [2.75, 3.05) is 7.11 Å². The van der Waals surface area contributed by atoms with Gasteiger partial charge in [0.1, 0.15) is 5.75 Å². The molecule has 0 spiro atoms. The predicted molar refractivity (Wildman–Crippen MR) is 94.1 cm³/mol. The fraction of sp³-hybridized carbons (Fsp3) is 0.312. The fourth-order valence-corrected chi connectivity index (χ4v) is 4.30. The fourth-order valence-electron chi connectivity index (χ4n) is 2.52. The average Bonchev–Trinajstić information content (AvgIpc) is 3.10. The lowest BCUT2D eigenvalue weighted by Gasteiger charge is -2.05. The number of H-pyrrole nitrogens is 1. The van der Waals surface area contributed by atoms with Gasteiger partial charge < -0.3 is 9.72 Å². The molecule has 1 unspecified atom stereocenters. The van der Waals surface area contributed by atoms with Crippen molar-refractivity contribution in [3.05, 3.63) is 44.7 Å². The van der Waals surface area contributed by atoms with Gasteiger partial charge in [0, 0.05) is 21.3 Å². The molecule has 1 aromatic heterocycles. The highest BCUT2D eigenvalue weighted by molar-refractivity contribution is 9.14. The van der Waals surface area contributed by atoms with Gasteiger partial charge in [-0.1, -0.05) is 6.08 Å². The summed E-state index contributed by atoms with van der Waals surface area (Å²) in [6.07, 6.45) is 7.39. The number of hydrogen-bond acceptors (Lipinski definition) is 3. The SMILES string of the molecule is COc1cc(C2CC=C(Br)S2)[nH]c1C=C1N=C(C)C=C1C. The molecular formula is C16H17BrN2OS. The number of hydrogen-bond donors (Lipinski definition) is 1. The normalized spacial score (nSPS) is 23.3. The van der Waals surface area contributed by atoms with Crippen LogP contribution in [-0.4, -0.2) is 17.8 Å². The molecule has 0 fully saturated rings. The number of aromatic amines is 1. The first-order chi connectivity index (χ1) is 10.1. The molecule has 0 saturated carbocycles. The number of rotatable bonds is 3. The highest BCUT2D eigenvalue weighted by Gasteiger charge is 2.22. The molecule has 110 valence electrons. The summed E-state index contributed by atoms with van der Waals surface area (Å²) in [4.78, 5) is 8.03. The third-order valence-electron chi connectivity index (χ3n) is 3.55. The molecule has 0 bridgehead atoms. The number of thioether (sulfide) groups is 1. The zero-order valence-electron chi connectivity index (χ0n) is 12.2. The summed E-state index contributed by atoms with van der Waals surface area (Å²) in [6, 6.07) is 2.09. The highest BCUT2D eigenvalue weighted by Crippen LogP contribution is 2.46. The molecule has 3 heterocycles. The lowest BCUT2D eigenvalue weighted by atomic mass is 10.2. The molecule has 5 heteroatoms. The first-order valence-electron chi connectivity index (χ1n) is 6.81. The van der Waals surface area contributed by atoms with Crippen LogP contribution in [0.3, 0.4) is 0 Å². The second-order valence-electron chi connectivity index (χ2n) is 5.17. The molecule has 2 aliphatic heterocycles. The van der Waals surface area contributed by atoms with E-state index in [1.54, 1.807) is 7.11 Å². The maximum atomic E-state index is 5.50. The van der Waals surface area contributed by atoms with Crippen LogP contribution < -0.4 is 4.74 Å². The summed E-state index contributed by atoms with van der Waals surface area (Å²) in [5, 5.41) is 0.422. The predicted octanol–water partition coefficient (Wildman–Crippen LogP) is 5.20. The van der Waals surface area contributed by atoms with Crippen molar-refractivity contribution in [3.63, 3.8) is 0 Å². The van der Waals surface area contributed by atoms with Crippen molar-refractivity contribution in [3.8, 4) is 5.75 Å². The van der Waals surface area contributed by atoms with Gasteiger partial charge in [0.15, 0.2) is 0 Å². The van der Waals surface area contributed by atoms with E-state index in [2.05, 4.69) is 57.1 Å². The van der Waals surface area contributed by atoms with Crippen molar-refractivity contribution in [2.45, 2.75) is 25.5 Å². The van der Waals surface area contributed by atoms with Crippen molar-refractivity contribution < 1.29 is 4.74 Å². The van der Waals surface area contributed by atoms with Gasteiger partial charge >= 0.3 is 0 Å².